The summed E-state index contributed by atoms with van der Waals surface area (Å²) >= 11 is 2.65. The van der Waals surface area contributed by atoms with Crippen molar-refractivity contribution in [3.8, 4) is 5.75 Å². The second-order valence-electron chi connectivity index (χ2n) is 2.41. The Morgan fingerprint density at radius 1 is 1.53 bits per heavy atom. The van der Waals surface area contributed by atoms with E-state index in [1.165, 1.54) is 0 Å². The fraction of sp³-hybridized carbons (Fsp3) is 0.167. The maximum atomic E-state index is 12.2. The van der Waals surface area contributed by atoms with Crippen LogP contribution in [-0.2, 0) is 9.05 Å². The predicted octanol–water partition coefficient (Wildman–Crippen LogP) is 2.41. The third-order valence-electron chi connectivity index (χ3n) is 1.46. The Hall–Kier alpha value is -0.470. The molecule has 0 amide bonds. The van der Waals surface area contributed by atoms with Crippen LogP contribution in [0.2, 0.25) is 0 Å². The lowest BCUT2D eigenvalue weighted by atomic mass is 10.3. The molecule has 84 valence electrons. The van der Waals surface area contributed by atoms with Gasteiger partial charge in [0.1, 0.15) is 10.6 Å². The summed E-state index contributed by atoms with van der Waals surface area (Å²) in [4.78, 5) is 2.55. The number of halogens is 4. The molecule has 15 heavy (non-hydrogen) atoms. The number of aromatic nitrogens is 1. The lowest BCUT2D eigenvalue weighted by Gasteiger charge is -2.06. The molecule has 0 aliphatic rings. The van der Waals surface area contributed by atoms with Gasteiger partial charge in [-0.15, -0.1) is 0 Å². The van der Waals surface area contributed by atoms with Crippen molar-refractivity contribution in [2.75, 3.05) is 0 Å². The van der Waals surface area contributed by atoms with Crippen LogP contribution < -0.4 is 0 Å². The number of pyridine rings is 1. The van der Waals surface area contributed by atoms with Gasteiger partial charge in [-0.2, -0.15) is 0 Å². The van der Waals surface area contributed by atoms with E-state index in [0.29, 0.717) is 6.20 Å². The number of hydrogen-bond acceptors (Lipinski definition) is 4. The second kappa shape index (κ2) is 4.18. The van der Waals surface area contributed by atoms with Crippen LogP contribution in [-0.4, -0.2) is 18.5 Å². The van der Waals surface area contributed by atoms with E-state index in [9.17, 15) is 22.3 Å². The molecule has 0 aliphatic carbocycles. The lowest BCUT2D eigenvalue weighted by molar-refractivity contribution is 0.141. The second-order valence-corrected chi connectivity index (χ2v) is 5.74. The van der Waals surface area contributed by atoms with Gasteiger partial charge in [0.2, 0.25) is 0 Å². The fourth-order valence-corrected chi connectivity index (χ4v) is 2.87. The molecule has 0 saturated heterocycles. The molecule has 0 aliphatic heterocycles. The van der Waals surface area contributed by atoms with Crippen molar-refractivity contribution in [1.29, 1.82) is 0 Å². The largest absolute Gasteiger partial charge is 0.505 e. The van der Waals surface area contributed by atoms with Crippen LogP contribution in [0.25, 0.3) is 0 Å². The summed E-state index contributed by atoms with van der Waals surface area (Å²) in [5, 5.41) is 9.20. The summed E-state index contributed by atoms with van der Waals surface area (Å²) in [6.45, 7) is 0. The molecular formula is C6H3BrClF2NO3S. The van der Waals surface area contributed by atoms with Gasteiger partial charge in [0, 0.05) is 16.9 Å². The van der Waals surface area contributed by atoms with Gasteiger partial charge in [-0.3, -0.25) is 0 Å². The van der Waals surface area contributed by atoms with Crippen LogP contribution in [0.4, 0.5) is 8.78 Å². The molecule has 0 spiro atoms. The van der Waals surface area contributed by atoms with Gasteiger partial charge in [0.25, 0.3) is 15.5 Å². The Balaban J connectivity index is 3.48. The van der Waals surface area contributed by atoms with Crippen LogP contribution >= 0.6 is 26.6 Å². The first-order valence-corrected chi connectivity index (χ1v) is 6.45. The van der Waals surface area contributed by atoms with Gasteiger partial charge in [-0.05, 0) is 15.9 Å². The molecule has 9 heteroatoms. The Labute approximate surface area is 96.4 Å². The highest BCUT2D eigenvalue weighted by atomic mass is 79.9. The van der Waals surface area contributed by atoms with Crippen molar-refractivity contribution in [3.63, 3.8) is 0 Å². The highest BCUT2D eigenvalue weighted by molar-refractivity contribution is 9.10. The topological polar surface area (TPSA) is 67.3 Å². The van der Waals surface area contributed by atoms with Crippen LogP contribution in [0, 0.1) is 0 Å². The number of nitrogens with zero attached hydrogens (tertiary/aromatic N) is 1. The van der Waals surface area contributed by atoms with E-state index in [1.807, 2.05) is 0 Å². The smallest absolute Gasteiger partial charge is 0.284 e. The summed E-state index contributed by atoms with van der Waals surface area (Å²) in [5.41, 5.74) is -0.911. The summed E-state index contributed by atoms with van der Waals surface area (Å²) in [7, 11) is 0.831. The van der Waals surface area contributed by atoms with Gasteiger partial charge >= 0.3 is 0 Å². The standard InChI is InChI=1S/C6H3BrClF2NO3S/c7-3-2(15(8,13)14)1-11-4(5(3)12)6(9)10/h1,6,12H. The van der Waals surface area contributed by atoms with Gasteiger partial charge < -0.3 is 5.11 Å². The Morgan fingerprint density at radius 3 is 2.47 bits per heavy atom. The molecule has 0 unspecified atom stereocenters. The van der Waals surface area contributed by atoms with Gasteiger partial charge in [-0.1, -0.05) is 0 Å². The minimum atomic E-state index is -4.14. The van der Waals surface area contributed by atoms with E-state index >= 15 is 0 Å². The average Bonchev–Trinajstić information content (AvgIpc) is 2.06. The van der Waals surface area contributed by atoms with Crippen LogP contribution in [0.3, 0.4) is 0 Å². The molecule has 1 aromatic heterocycles. The number of hydrogen-bond donors (Lipinski definition) is 1. The Morgan fingerprint density at radius 2 is 2.07 bits per heavy atom. The Bertz CT molecular complexity index is 493. The zero-order valence-corrected chi connectivity index (χ0v) is 9.94. The summed E-state index contributed by atoms with van der Waals surface area (Å²) in [5.74, 6) is -0.938. The first-order valence-electron chi connectivity index (χ1n) is 3.35. The van der Waals surface area contributed by atoms with Crippen molar-refractivity contribution in [1.82, 2.24) is 4.98 Å². The molecule has 0 bridgehead atoms. The van der Waals surface area contributed by atoms with Crippen molar-refractivity contribution in [3.05, 3.63) is 16.4 Å². The van der Waals surface area contributed by atoms with Crippen molar-refractivity contribution in [2.45, 2.75) is 11.3 Å². The molecule has 0 atom stereocenters. The third-order valence-corrected chi connectivity index (χ3v) is 3.86. The molecule has 1 N–H and O–H groups in total. The SMILES string of the molecule is O=S(=O)(Cl)c1cnc(C(F)F)c(O)c1Br. The molecule has 0 radical (unpaired) electrons. The number of aromatic hydroxyl groups is 1. The zero-order valence-electron chi connectivity index (χ0n) is 6.79. The number of alkyl halides is 2. The molecule has 1 aromatic rings. The van der Waals surface area contributed by atoms with E-state index in [2.05, 4.69) is 20.9 Å². The van der Waals surface area contributed by atoms with Crippen LogP contribution in [0.15, 0.2) is 15.6 Å². The lowest BCUT2D eigenvalue weighted by Crippen LogP contribution is -1.98. The van der Waals surface area contributed by atoms with E-state index in [1.54, 1.807) is 0 Å². The minimum Gasteiger partial charge on any atom is -0.505 e. The zero-order chi connectivity index (χ0) is 11.8. The highest BCUT2D eigenvalue weighted by Crippen LogP contribution is 2.37. The van der Waals surface area contributed by atoms with Crippen molar-refractivity contribution < 1.29 is 22.3 Å². The molecule has 4 nitrogen and oxygen atoms in total. The summed E-state index contributed by atoms with van der Waals surface area (Å²) < 4.78 is 45.8. The van der Waals surface area contributed by atoms with Gasteiger partial charge in [0.05, 0.1) is 4.47 Å². The normalized spacial score (nSPS) is 12.1. The quantitative estimate of drug-likeness (QED) is 0.849. The summed E-state index contributed by atoms with van der Waals surface area (Å²) in [6.07, 6.45) is -2.36. The van der Waals surface area contributed by atoms with E-state index in [0.717, 1.165) is 0 Å². The number of rotatable bonds is 2. The molecule has 0 fully saturated rings. The van der Waals surface area contributed by atoms with Crippen LogP contribution in [0.5, 0.6) is 5.75 Å². The predicted molar refractivity (Wildman–Crippen MR) is 51.6 cm³/mol. The van der Waals surface area contributed by atoms with Gasteiger partial charge in [-0.25, -0.2) is 22.2 Å². The molecule has 1 rings (SSSR count). The first kappa shape index (κ1) is 12.6. The minimum absolute atomic E-state index is 0.428. The van der Waals surface area contributed by atoms with E-state index < -0.39 is 36.3 Å². The average molecular weight is 323 g/mol. The van der Waals surface area contributed by atoms with Gasteiger partial charge in [0.15, 0.2) is 5.75 Å². The molecular weight excluding hydrogens is 319 g/mol. The van der Waals surface area contributed by atoms with E-state index in [4.69, 9.17) is 10.7 Å². The maximum Gasteiger partial charge on any atom is 0.284 e. The molecule has 0 aromatic carbocycles. The molecule has 0 saturated carbocycles. The fourth-order valence-electron chi connectivity index (χ4n) is 0.805. The summed E-state index contributed by atoms with van der Waals surface area (Å²) in [6, 6.07) is 0. The molecule has 1 heterocycles. The van der Waals surface area contributed by atoms with Crippen molar-refractivity contribution in [2.24, 2.45) is 0 Å². The van der Waals surface area contributed by atoms with Crippen molar-refractivity contribution >= 4 is 35.7 Å². The van der Waals surface area contributed by atoms with E-state index in [-0.39, 0.29) is 0 Å². The van der Waals surface area contributed by atoms with Crippen LogP contribution in [0.1, 0.15) is 12.1 Å². The monoisotopic (exact) mass is 321 g/mol. The first-order chi connectivity index (χ1) is 6.75. The maximum absolute atomic E-state index is 12.2. The third kappa shape index (κ3) is 2.56. The highest BCUT2D eigenvalue weighted by Gasteiger charge is 2.24. The Kier molecular flexibility index (Phi) is 3.51.